The normalized spacial score (nSPS) is 14.3. The predicted molar refractivity (Wildman–Crippen MR) is 68.8 cm³/mol. The van der Waals surface area contributed by atoms with Gasteiger partial charge in [0.25, 0.3) is 0 Å². The van der Waals surface area contributed by atoms with Gasteiger partial charge in [-0.05, 0) is 20.8 Å². The zero-order chi connectivity index (χ0) is 12.7. The summed E-state index contributed by atoms with van der Waals surface area (Å²) in [6, 6.07) is 0.179. The number of rotatable bonds is 7. The fraction of sp³-hybridized carbons (Fsp3) is 0.538. The van der Waals surface area contributed by atoms with Crippen LogP contribution in [-0.2, 0) is 4.74 Å². The molecule has 0 spiro atoms. The molecule has 0 bridgehead atoms. The van der Waals surface area contributed by atoms with Gasteiger partial charge in [-0.1, -0.05) is 6.08 Å². The van der Waals surface area contributed by atoms with Crippen molar-refractivity contribution in [2.45, 2.75) is 32.9 Å². The average molecular weight is 235 g/mol. The van der Waals surface area contributed by atoms with Crippen LogP contribution in [0.15, 0.2) is 25.0 Å². The molecule has 17 heavy (non-hydrogen) atoms. The summed E-state index contributed by atoms with van der Waals surface area (Å²) >= 11 is 0. The van der Waals surface area contributed by atoms with E-state index in [1.807, 2.05) is 13.8 Å². The Morgan fingerprint density at radius 1 is 1.41 bits per heavy atom. The maximum absolute atomic E-state index is 5.49. The molecular formula is C13H21N3O. The average Bonchev–Trinajstić information content (AvgIpc) is 2.34. The smallest absolute Gasteiger partial charge is 0.0782 e. The van der Waals surface area contributed by atoms with Crippen molar-refractivity contribution in [3.8, 4) is 0 Å². The summed E-state index contributed by atoms with van der Waals surface area (Å²) in [5.74, 6) is 0. The maximum Gasteiger partial charge on any atom is 0.0782 e. The first-order valence-corrected chi connectivity index (χ1v) is 5.88. The van der Waals surface area contributed by atoms with Gasteiger partial charge in [0.1, 0.15) is 0 Å². The van der Waals surface area contributed by atoms with Gasteiger partial charge >= 0.3 is 0 Å². The third-order valence-electron chi connectivity index (χ3n) is 2.54. The standard InChI is InChI=1S/C13H21N3O/c1-5-8-17-10(2)9-16-12(4)13-11(3)14-6-7-15-13/h5-7,10,12,16H,1,8-9H2,2-4H3. The lowest BCUT2D eigenvalue weighted by atomic mass is 10.2. The van der Waals surface area contributed by atoms with Crippen LogP contribution >= 0.6 is 0 Å². The Balaban J connectivity index is 2.42. The molecular weight excluding hydrogens is 214 g/mol. The van der Waals surface area contributed by atoms with E-state index in [2.05, 4.69) is 28.8 Å². The van der Waals surface area contributed by atoms with Crippen LogP contribution < -0.4 is 5.32 Å². The topological polar surface area (TPSA) is 47.0 Å². The van der Waals surface area contributed by atoms with Gasteiger partial charge in [-0.25, -0.2) is 0 Å². The van der Waals surface area contributed by atoms with E-state index in [1.165, 1.54) is 0 Å². The lowest BCUT2D eigenvalue weighted by Gasteiger charge is -2.18. The third kappa shape index (κ3) is 4.63. The highest BCUT2D eigenvalue weighted by Crippen LogP contribution is 2.11. The second-order valence-electron chi connectivity index (χ2n) is 4.09. The molecule has 2 atom stereocenters. The zero-order valence-corrected chi connectivity index (χ0v) is 10.8. The minimum absolute atomic E-state index is 0.160. The molecule has 1 aromatic rings. The first kappa shape index (κ1) is 13.8. The lowest BCUT2D eigenvalue weighted by molar-refractivity contribution is 0.0859. The number of ether oxygens (including phenoxy) is 1. The Labute approximate surface area is 103 Å². The van der Waals surface area contributed by atoms with Gasteiger partial charge in [-0.3, -0.25) is 9.97 Å². The molecule has 1 rings (SSSR count). The molecule has 0 saturated heterocycles. The molecule has 4 nitrogen and oxygen atoms in total. The van der Waals surface area contributed by atoms with E-state index >= 15 is 0 Å². The maximum atomic E-state index is 5.49. The van der Waals surface area contributed by atoms with Crippen molar-refractivity contribution in [1.29, 1.82) is 0 Å². The molecule has 0 aromatic carbocycles. The van der Waals surface area contributed by atoms with E-state index in [4.69, 9.17) is 4.74 Å². The molecule has 2 unspecified atom stereocenters. The number of hydrogen-bond acceptors (Lipinski definition) is 4. The molecule has 0 amide bonds. The summed E-state index contributed by atoms with van der Waals surface area (Å²) in [6.45, 7) is 11.1. The predicted octanol–water partition coefficient (Wildman–Crippen LogP) is 2.03. The summed E-state index contributed by atoms with van der Waals surface area (Å²) in [5.41, 5.74) is 1.95. The van der Waals surface area contributed by atoms with E-state index in [1.54, 1.807) is 18.5 Å². The molecule has 0 aliphatic heterocycles. The van der Waals surface area contributed by atoms with Gasteiger partial charge in [0, 0.05) is 25.0 Å². The van der Waals surface area contributed by atoms with Gasteiger partial charge in [0.05, 0.1) is 24.1 Å². The quantitative estimate of drug-likeness (QED) is 0.735. The van der Waals surface area contributed by atoms with Crippen LogP contribution in [0, 0.1) is 6.92 Å². The summed E-state index contributed by atoms with van der Waals surface area (Å²) in [4.78, 5) is 8.57. The van der Waals surface area contributed by atoms with E-state index in [-0.39, 0.29) is 12.1 Å². The number of aromatic nitrogens is 2. The molecule has 4 heteroatoms. The minimum Gasteiger partial charge on any atom is -0.373 e. The second kappa shape index (κ2) is 7.14. The van der Waals surface area contributed by atoms with Crippen molar-refractivity contribution in [3.05, 3.63) is 36.4 Å². The summed E-state index contributed by atoms with van der Waals surface area (Å²) in [7, 11) is 0. The van der Waals surface area contributed by atoms with Crippen LogP contribution in [0.1, 0.15) is 31.3 Å². The monoisotopic (exact) mass is 235 g/mol. The fourth-order valence-electron chi connectivity index (χ4n) is 1.57. The highest BCUT2D eigenvalue weighted by Gasteiger charge is 2.11. The van der Waals surface area contributed by atoms with Crippen LogP contribution in [0.5, 0.6) is 0 Å². The Hall–Kier alpha value is -1.26. The Bertz CT molecular complexity index is 354. The van der Waals surface area contributed by atoms with E-state index in [0.717, 1.165) is 17.9 Å². The molecule has 0 radical (unpaired) electrons. The first-order valence-electron chi connectivity index (χ1n) is 5.88. The van der Waals surface area contributed by atoms with Gasteiger partial charge in [0.15, 0.2) is 0 Å². The van der Waals surface area contributed by atoms with Crippen molar-refractivity contribution in [3.63, 3.8) is 0 Å². The number of nitrogens with one attached hydrogen (secondary N) is 1. The Morgan fingerprint density at radius 2 is 2.12 bits per heavy atom. The molecule has 0 fully saturated rings. The van der Waals surface area contributed by atoms with E-state index in [0.29, 0.717) is 6.61 Å². The first-order chi connectivity index (χ1) is 8.15. The zero-order valence-electron chi connectivity index (χ0n) is 10.8. The number of nitrogens with zero attached hydrogens (tertiary/aromatic N) is 2. The highest BCUT2D eigenvalue weighted by molar-refractivity contribution is 5.12. The van der Waals surface area contributed by atoms with Crippen LogP contribution in [0.3, 0.4) is 0 Å². The third-order valence-corrected chi connectivity index (χ3v) is 2.54. The number of hydrogen-bond donors (Lipinski definition) is 1. The van der Waals surface area contributed by atoms with Crippen LogP contribution in [0.2, 0.25) is 0 Å². The summed E-state index contributed by atoms with van der Waals surface area (Å²) in [6.07, 6.45) is 5.35. The van der Waals surface area contributed by atoms with Crippen molar-refractivity contribution in [2.75, 3.05) is 13.2 Å². The molecule has 1 aromatic heterocycles. The molecule has 0 aliphatic carbocycles. The van der Waals surface area contributed by atoms with Crippen LogP contribution in [-0.4, -0.2) is 29.2 Å². The van der Waals surface area contributed by atoms with Crippen LogP contribution in [0.25, 0.3) is 0 Å². The molecule has 0 saturated carbocycles. The SMILES string of the molecule is C=CCOC(C)CNC(C)c1nccnc1C. The highest BCUT2D eigenvalue weighted by atomic mass is 16.5. The lowest BCUT2D eigenvalue weighted by Crippen LogP contribution is -2.30. The molecule has 1 heterocycles. The van der Waals surface area contributed by atoms with E-state index in [9.17, 15) is 0 Å². The molecule has 0 aliphatic rings. The number of aryl methyl sites for hydroxylation is 1. The second-order valence-corrected chi connectivity index (χ2v) is 4.09. The minimum atomic E-state index is 0.160. The van der Waals surface area contributed by atoms with Crippen molar-refractivity contribution < 1.29 is 4.74 Å². The Morgan fingerprint density at radius 3 is 2.76 bits per heavy atom. The van der Waals surface area contributed by atoms with Crippen molar-refractivity contribution >= 4 is 0 Å². The summed E-state index contributed by atoms with van der Waals surface area (Å²) in [5, 5.41) is 3.39. The van der Waals surface area contributed by atoms with E-state index < -0.39 is 0 Å². The van der Waals surface area contributed by atoms with Gasteiger partial charge < -0.3 is 10.1 Å². The fourth-order valence-corrected chi connectivity index (χ4v) is 1.57. The van der Waals surface area contributed by atoms with Crippen LogP contribution in [0.4, 0.5) is 0 Å². The summed E-state index contributed by atoms with van der Waals surface area (Å²) < 4.78 is 5.49. The van der Waals surface area contributed by atoms with Gasteiger partial charge in [-0.15, -0.1) is 6.58 Å². The molecule has 94 valence electrons. The van der Waals surface area contributed by atoms with Crippen molar-refractivity contribution in [2.24, 2.45) is 0 Å². The van der Waals surface area contributed by atoms with Gasteiger partial charge in [0.2, 0.25) is 0 Å². The van der Waals surface area contributed by atoms with Gasteiger partial charge in [-0.2, -0.15) is 0 Å². The van der Waals surface area contributed by atoms with Crippen molar-refractivity contribution in [1.82, 2.24) is 15.3 Å². The Kier molecular flexibility index (Phi) is 5.80. The molecule has 1 N–H and O–H groups in total. The largest absolute Gasteiger partial charge is 0.373 e.